The van der Waals surface area contributed by atoms with Gasteiger partial charge in [0.2, 0.25) is 5.95 Å². The molecule has 5 heteroatoms. The van der Waals surface area contributed by atoms with Gasteiger partial charge in [-0.25, -0.2) is 4.98 Å². The largest absolute Gasteiger partial charge is 0.496 e. The van der Waals surface area contributed by atoms with Gasteiger partial charge in [0.05, 0.1) is 30.1 Å². The molecule has 0 bridgehead atoms. The van der Waals surface area contributed by atoms with Crippen molar-refractivity contribution < 1.29 is 9.53 Å². The van der Waals surface area contributed by atoms with Crippen molar-refractivity contribution >= 4 is 22.8 Å². The second-order valence-corrected chi connectivity index (χ2v) is 7.34. The van der Waals surface area contributed by atoms with Gasteiger partial charge in [-0.2, -0.15) is 0 Å². The minimum atomic E-state index is -0.520. The van der Waals surface area contributed by atoms with Crippen molar-refractivity contribution in [1.82, 2.24) is 9.55 Å². The first-order valence-corrected chi connectivity index (χ1v) is 9.84. The minimum absolute atomic E-state index is 0.00689. The van der Waals surface area contributed by atoms with Gasteiger partial charge < -0.3 is 14.6 Å². The number of rotatable bonds is 4. The van der Waals surface area contributed by atoms with Crippen molar-refractivity contribution in [3.05, 3.63) is 102 Å². The number of allylic oxidation sites excluding steroid dienone is 1. The number of para-hydroxylation sites is 3. The second-order valence-electron chi connectivity index (χ2n) is 7.34. The van der Waals surface area contributed by atoms with Crippen LogP contribution in [0.25, 0.3) is 11.0 Å². The highest BCUT2D eigenvalue weighted by Gasteiger charge is 2.41. The fourth-order valence-corrected chi connectivity index (χ4v) is 4.29. The number of nitrogens with zero attached hydrogens (tertiary/aromatic N) is 2. The number of carbonyl (C=O) groups is 1. The molecule has 0 fully saturated rings. The highest BCUT2D eigenvalue weighted by atomic mass is 16.5. The lowest BCUT2D eigenvalue weighted by Gasteiger charge is -2.36. The molecule has 5 nitrogen and oxygen atoms in total. The minimum Gasteiger partial charge on any atom is -0.496 e. The number of fused-ring (bicyclic) bond motifs is 3. The molecule has 0 spiro atoms. The Morgan fingerprint density at radius 2 is 1.70 bits per heavy atom. The molecule has 1 aliphatic rings. The number of Topliss-reactive ketones (excluding diaryl/α,β-unsaturated/α-hetero) is 1. The maximum atomic E-state index is 13.7. The third-order valence-corrected chi connectivity index (χ3v) is 5.64. The molecule has 148 valence electrons. The van der Waals surface area contributed by atoms with Crippen LogP contribution in [0.3, 0.4) is 0 Å². The predicted molar refractivity (Wildman–Crippen MR) is 118 cm³/mol. The van der Waals surface area contributed by atoms with Crippen LogP contribution in [0.15, 0.2) is 91.1 Å². The maximum Gasteiger partial charge on any atom is 0.208 e. The van der Waals surface area contributed by atoms with E-state index in [1.807, 2.05) is 78.9 Å². The van der Waals surface area contributed by atoms with Crippen LogP contribution in [0.1, 0.15) is 22.0 Å². The monoisotopic (exact) mass is 395 g/mol. The van der Waals surface area contributed by atoms with Crippen LogP contribution >= 0.6 is 0 Å². The summed E-state index contributed by atoms with van der Waals surface area (Å²) in [6, 6.07) is 24.8. The average Bonchev–Trinajstić information content (AvgIpc) is 3.16. The van der Waals surface area contributed by atoms with Gasteiger partial charge in [-0.15, -0.1) is 0 Å². The van der Waals surface area contributed by atoms with Crippen LogP contribution in [0, 0.1) is 5.92 Å². The third kappa shape index (κ3) is 2.78. The molecule has 0 amide bonds. The number of aromatic nitrogens is 2. The van der Waals surface area contributed by atoms with Crippen LogP contribution < -0.4 is 10.1 Å². The quantitative estimate of drug-likeness (QED) is 0.490. The Hall–Kier alpha value is -3.86. The first-order valence-electron chi connectivity index (χ1n) is 9.84. The van der Waals surface area contributed by atoms with Gasteiger partial charge in [-0.05, 0) is 18.2 Å². The molecule has 1 aliphatic heterocycles. The summed E-state index contributed by atoms with van der Waals surface area (Å²) in [6.45, 7) is 4.22. The topological polar surface area (TPSA) is 56.1 Å². The smallest absolute Gasteiger partial charge is 0.208 e. The number of ketones is 1. The molecule has 3 aromatic carbocycles. The molecular formula is C25H21N3O2. The van der Waals surface area contributed by atoms with Crippen molar-refractivity contribution in [3.8, 4) is 5.75 Å². The molecule has 2 atom stereocenters. The van der Waals surface area contributed by atoms with E-state index in [9.17, 15) is 4.79 Å². The molecule has 0 saturated carbocycles. The molecular weight excluding hydrogens is 374 g/mol. The average molecular weight is 395 g/mol. The summed E-state index contributed by atoms with van der Waals surface area (Å²) in [5.41, 5.74) is 4.01. The van der Waals surface area contributed by atoms with E-state index in [0.29, 0.717) is 17.2 Å². The third-order valence-electron chi connectivity index (χ3n) is 5.64. The normalized spacial score (nSPS) is 18.0. The number of nitrogens with one attached hydrogen (secondary N) is 1. The van der Waals surface area contributed by atoms with Crippen molar-refractivity contribution in [2.45, 2.75) is 6.04 Å². The predicted octanol–water partition coefficient (Wildman–Crippen LogP) is 5.07. The summed E-state index contributed by atoms with van der Waals surface area (Å²) in [5.74, 6) is 0.891. The van der Waals surface area contributed by atoms with Crippen LogP contribution in [-0.4, -0.2) is 22.4 Å². The molecule has 2 unspecified atom stereocenters. The van der Waals surface area contributed by atoms with E-state index in [2.05, 4.69) is 16.5 Å². The Morgan fingerprint density at radius 1 is 1.00 bits per heavy atom. The molecule has 2 heterocycles. The summed E-state index contributed by atoms with van der Waals surface area (Å²) >= 11 is 0. The Bertz CT molecular complexity index is 1260. The summed E-state index contributed by atoms with van der Waals surface area (Å²) in [4.78, 5) is 18.4. The SMILES string of the molecule is C=C1Nc2nc3ccccc3n2C(c2ccccc2OC)C1C(=O)c1ccccc1. The van der Waals surface area contributed by atoms with Gasteiger partial charge in [0.1, 0.15) is 5.75 Å². The van der Waals surface area contributed by atoms with Crippen molar-refractivity contribution in [3.63, 3.8) is 0 Å². The summed E-state index contributed by atoms with van der Waals surface area (Å²) in [6.07, 6.45) is 0. The van der Waals surface area contributed by atoms with Gasteiger partial charge in [0, 0.05) is 16.8 Å². The van der Waals surface area contributed by atoms with E-state index in [0.717, 1.165) is 22.3 Å². The van der Waals surface area contributed by atoms with E-state index >= 15 is 0 Å². The highest BCUT2D eigenvalue weighted by molar-refractivity contribution is 6.01. The number of anilines is 1. The Labute approximate surface area is 174 Å². The fourth-order valence-electron chi connectivity index (χ4n) is 4.29. The van der Waals surface area contributed by atoms with Gasteiger partial charge in [0.25, 0.3) is 0 Å². The van der Waals surface area contributed by atoms with Gasteiger partial charge in [-0.3, -0.25) is 4.79 Å². The summed E-state index contributed by atoms with van der Waals surface area (Å²) in [7, 11) is 1.65. The lowest BCUT2D eigenvalue weighted by molar-refractivity contribution is 0.0913. The van der Waals surface area contributed by atoms with Crippen molar-refractivity contribution in [2.24, 2.45) is 5.92 Å². The van der Waals surface area contributed by atoms with Crippen molar-refractivity contribution in [1.29, 1.82) is 0 Å². The maximum absolute atomic E-state index is 13.7. The van der Waals surface area contributed by atoms with Crippen LogP contribution in [-0.2, 0) is 0 Å². The molecule has 30 heavy (non-hydrogen) atoms. The van der Waals surface area contributed by atoms with E-state index < -0.39 is 5.92 Å². The highest BCUT2D eigenvalue weighted by Crippen LogP contribution is 2.44. The van der Waals surface area contributed by atoms with Gasteiger partial charge in [-0.1, -0.05) is 67.2 Å². The van der Waals surface area contributed by atoms with Crippen LogP contribution in [0.4, 0.5) is 5.95 Å². The summed E-state index contributed by atoms with van der Waals surface area (Å²) < 4.78 is 7.77. The zero-order valence-corrected chi connectivity index (χ0v) is 16.6. The Morgan fingerprint density at radius 3 is 2.50 bits per heavy atom. The number of hydrogen-bond donors (Lipinski definition) is 1. The standard InChI is InChI=1S/C25H21N3O2/c1-16-22(24(29)17-10-4-3-5-11-17)23(18-12-6-9-15-21(18)30-2)28-20-14-8-7-13-19(20)27-25(28)26-16/h3-15,22-23H,1H2,2H3,(H,26,27). The van der Waals surface area contributed by atoms with E-state index in [-0.39, 0.29) is 11.8 Å². The number of benzene rings is 3. The lowest BCUT2D eigenvalue weighted by atomic mass is 9.82. The number of ether oxygens (including phenoxy) is 1. The Kier molecular flexibility index (Phi) is 4.36. The molecule has 0 radical (unpaired) electrons. The lowest BCUT2D eigenvalue weighted by Crippen LogP contribution is -2.36. The summed E-state index contributed by atoms with van der Waals surface area (Å²) in [5, 5.41) is 3.28. The molecule has 4 aromatic rings. The van der Waals surface area contributed by atoms with Gasteiger partial charge in [0.15, 0.2) is 5.78 Å². The fraction of sp³-hybridized carbons (Fsp3) is 0.120. The molecule has 0 aliphatic carbocycles. The Balaban J connectivity index is 1.78. The second kappa shape index (κ2) is 7.19. The first-order chi connectivity index (χ1) is 14.7. The molecule has 0 saturated heterocycles. The van der Waals surface area contributed by atoms with E-state index in [1.54, 1.807) is 7.11 Å². The van der Waals surface area contributed by atoms with Gasteiger partial charge >= 0.3 is 0 Å². The number of hydrogen-bond acceptors (Lipinski definition) is 4. The first kappa shape index (κ1) is 18.2. The number of imidazole rings is 1. The van der Waals surface area contributed by atoms with Crippen molar-refractivity contribution in [2.75, 3.05) is 12.4 Å². The van der Waals surface area contributed by atoms with E-state index in [1.165, 1.54) is 0 Å². The molecule has 5 rings (SSSR count). The number of methoxy groups -OCH3 is 1. The zero-order valence-electron chi connectivity index (χ0n) is 16.6. The van der Waals surface area contributed by atoms with Crippen LogP contribution in [0.5, 0.6) is 5.75 Å². The molecule has 1 N–H and O–H groups in total. The van der Waals surface area contributed by atoms with E-state index in [4.69, 9.17) is 9.72 Å². The van der Waals surface area contributed by atoms with Crippen LogP contribution in [0.2, 0.25) is 0 Å². The zero-order chi connectivity index (χ0) is 20.7. The number of carbonyl (C=O) groups excluding carboxylic acids is 1. The molecule has 1 aromatic heterocycles.